The third kappa shape index (κ3) is 4.26. The molecule has 162 valence electrons. The molecule has 0 aliphatic carbocycles. The van der Waals surface area contributed by atoms with Crippen molar-refractivity contribution in [3.8, 4) is 22.8 Å². The van der Waals surface area contributed by atoms with Gasteiger partial charge >= 0.3 is 0 Å². The number of carbonyl (C=O) groups is 1. The fraction of sp³-hybridized carbons (Fsp3) is 0.0714. The van der Waals surface area contributed by atoms with Crippen LogP contribution in [-0.4, -0.2) is 10.9 Å². The van der Waals surface area contributed by atoms with Crippen LogP contribution in [0.4, 0.5) is 0 Å². The van der Waals surface area contributed by atoms with Crippen LogP contribution in [-0.2, 0) is 0 Å². The number of halogens is 1. The fourth-order valence-electron chi connectivity index (χ4n) is 3.87. The summed E-state index contributed by atoms with van der Waals surface area (Å²) >= 11 is 6.33. The van der Waals surface area contributed by atoms with Crippen LogP contribution in [0.15, 0.2) is 101 Å². The molecule has 0 aliphatic rings. The number of fused-ring (bicyclic) bond motifs is 1. The molecule has 0 fully saturated rings. The molecule has 1 N–H and O–H groups in total. The molecule has 5 rings (SSSR count). The maximum atomic E-state index is 13.3. The smallest absolute Gasteiger partial charge is 0.252 e. The second kappa shape index (κ2) is 8.93. The van der Waals surface area contributed by atoms with Crippen LogP contribution < -0.4 is 5.32 Å². The first kappa shape index (κ1) is 21.0. The molecule has 5 aromatic rings. The molecule has 1 unspecified atom stereocenters. The molecule has 1 atom stereocenters. The van der Waals surface area contributed by atoms with Gasteiger partial charge in [0.15, 0.2) is 5.76 Å². The number of para-hydroxylation sites is 1. The van der Waals surface area contributed by atoms with Gasteiger partial charge in [-0.3, -0.25) is 4.79 Å². The van der Waals surface area contributed by atoms with Crippen LogP contribution in [0.25, 0.3) is 33.7 Å². The number of aromatic nitrogens is 1. The molecule has 0 bridgehead atoms. The van der Waals surface area contributed by atoms with Gasteiger partial charge in [0.2, 0.25) is 0 Å². The molecule has 1 amide bonds. The summed E-state index contributed by atoms with van der Waals surface area (Å²) in [6.07, 6.45) is 0. The molecule has 0 saturated heterocycles. The molecule has 5 heteroatoms. The van der Waals surface area contributed by atoms with E-state index in [0.29, 0.717) is 27.8 Å². The van der Waals surface area contributed by atoms with Crippen LogP contribution in [0.2, 0.25) is 5.02 Å². The molecule has 2 aromatic heterocycles. The molecule has 2 heterocycles. The first-order valence-electron chi connectivity index (χ1n) is 10.7. The van der Waals surface area contributed by atoms with Gasteiger partial charge in [-0.15, -0.1) is 0 Å². The highest BCUT2D eigenvalue weighted by Gasteiger charge is 2.18. The first-order chi connectivity index (χ1) is 16.1. The minimum Gasteiger partial charge on any atom is -0.454 e. The number of nitrogens with one attached hydrogen (secondary N) is 1. The van der Waals surface area contributed by atoms with E-state index in [4.69, 9.17) is 21.0 Å². The van der Waals surface area contributed by atoms with Crippen molar-refractivity contribution in [3.63, 3.8) is 0 Å². The Balaban J connectivity index is 1.53. The van der Waals surface area contributed by atoms with Gasteiger partial charge in [-0.1, -0.05) is 72.3 Å². The number of amides is 1. The zero-order chi connectivity index (χ0) is 22.8. The topological polar surface area (TPSA) is 55.1 Å². The zero-order valence-corrected chi connectivity index (χ0v) is 18.7. The van der Waals surface area contributed by atoms with E-state index < -0.39 is 0 Å². The Kier molecular flexibility index (Phi) is 5.68. The van der Waals surface area contributed by atoms with E-state index in [1.165, 1.54) is 0 Å². The summed E-state index contributed by atoms with van der Waals surface area (Å²) in [5.41, 5.74) is 3.71. The van der Waals surface area contributed by atoms with Crippen molar-refractivity contribution in [2.24, 2.45) is 0 Å². The highest BCUT2D eigenvalue weighted by Crippen LogP contribution is 2.33. The summed E-state index contributed by atoms with van der Waals surface area (Å²) in [4.78, 5) is 18.1. The molecule has 33 heavy (non-hydrogen) atoms. The number of nitrogens with zero attached hydrogens (tertiary/aromatic N) is 1. The van der Waals surface area contributed by atoms with Crippen LogP contribution in [0.1, 0.15) is 28.9 Å². The van der Waals surface area contributed by atoms with Crippen molar-refractivity contribution < 1.29 is 9.21 Å². The summed E-state index contributed by atoms with van der Waals surface area (Å²) in [6, 6.07) is 30.4. The average Bonchev–Trinajstić information content (AvgIpc) is 3.34. The molecule has 0 spiro atoms. The summed E-state index contributed by atoms with van der Waals surface area (Å²) in [7, 11) is 0. The average molecular weight is 453 g/mol. The Labute approximate surface area is 196 Å². The normalized spacial score (nSPS) is 11.9. The third-order valence-corrected chi connectivity index (χ3v) is 5.94. The van der Waals surface area contributed by atoms with Crippen molar-refractivity contribution in [2.75, 3.05) is 0 Å². The number of furan rings is 1. The lowest BCUT2D eigenvalue weighted by Gasteiger charge is -2.15. The molecule has 0 radical (unpaired) electrons. The van der Waals surface area contributed by atoms with Gasteiger partial charge < -0.3 is 9.73 Å². The summed E-state index contributed by atoms with van der Waals surface area (Å²) in [5.74, 6) is 1.05. The minimum absolute atomic E-state index is 0.135. The van der Waals surface area contributed by atoms with Gasteiger partial charge in [-0.05, 0) is 48.9 Å². The van der Waals surface area contributed by atoms with E-state index in [1.807, 2.05) is 97.9 Å². The number of rotatable bonds is 5. The first-order valence-corrected chi connectivity index (χ1v) is 11.1. The van der Waals surface area contributed by atoms with Crippen LogP contribution in [0, 0.1) is 0 Å². The lowest BCUT2D eigenvalue weighted by molar-refractivity contribution is 0.0941. The Bertz CT molecular complexity index is 1440. The molecule has 0 aliphatic heterocycles. The van der Waals surface area contributed by atoms with Crippen LogP contribution >= 0.6 is 11.6 Å². The van der Waals surface area contributed by atoms with E-state index in [2.05, 4.69) is 5.32 Å². The second-order valence-corrected chi connectivity index (χ2v) is 8.23. The summed E-state index contributed by atoms with van der Waals surface area (Å²) < 4.78 is 6.09. The van der Waals surface area contributed by atoms with Gasteiger partial charge in [0.25, 0.3) is 5.91 Å². The Hall–Kier alpha value is -3.89. The van der Waals surface area contributed by atoms with E-state index in [1.54, 1.807) is 6.07 Å². The number of pyridine rings is 1. The fourth-order valence-corrected chi connectivity index (χ4v) is 4.10. The quantitative estimate of drug-likeness (QED) is 0.304. The Morgan fingerprint density at radius 3 is 2.39 bits per heavy atom. The maximum absolute atomic E-state index is 13.3. The van der Waals surface area contributed by atoms with Crippen LogP contribution in [0.3, 0.4) is 0 Å². The number of hydrogen-bond donors (Lipinski definition) is 1. The van der Waals surface area contributed by atoms with Gasteiger partial charge in [-0.2, -0.15) is 0 Å². The van der Waals surface area contributed by atoms with Crippen molar-refractivity contribution in [2.45, 2.75) is 13.0 Å². The molecular formula is C28H21ClN2O2. The maximum Gasteiger partial charge on any atom is 0.252 e. The van der Waals surface area contributed by atoms with Crippen LogP contribution in [0.5, 0.6) is 0 Å². The van der Waals surface area contributed by atoms with E-state index >= 15 is 0 Å². The van der Waals surface area contributed by atoms with Gasteiger partial charge in [0.1, 0.15) is 11.5 Å². The number of benzene rings is 3. The highest BCUT2D eigenvalue weighted by atomic mass is 35.5. The lowest BCUT2D eigenvalue weighted by Crippen LogP contribution is -2.27. The molecular weight excluding hydrogens is 432 g/mol. The summed E-state index contributed by atoms with van der Waals surface area (Å²) in [5, 5.41) is 4.51. The van der Waals surface area contributed by atoms with Crippen molar-refractivity contribution in [3.05, 3.63) is 113 Å². The largest absolute Gasteiger partial charge is 0.454 e. The van der Waals surface area contributed by atoms with Gasteiger partial charge in [-0.25, -0.2) is 4.98 Å². The standard InChI is InChI=1S/C28H21ClN2O2/c1-18(19-9-3-2-4-10-19)30-28(32)22-17-25(31-24-14-8-6-11-20(22)24)27-16-15-26(33-27)21-12-5-7-13-23(21)29/h2-18H,1H3,(H,30,32). The second-order valence-electron chi connectivity index (χ2n) is 7.82. The third-order valence-electron chi connectivity index (χ3n) is 5.61. The Morgan fingerprint density at radius 2 is 1.58 bits per heavy atom. The lowest BCUT2D eigenvalue weighted by atomic mass is 10.0. The number of carbonyl (C=O) groups excluding carboxylic acids is 1. The predicted molar refractivity (Wildman–Crippen MR) is 132 cm³/mol. The van der Waals surface area contributed by atoms with Gasteiger partial charge in [0, 0.05) is 10.9 Å². The highest BCUT2D eigenvalue weighted by molar-refractivity contribution is 6.33. The minimum atomic E-state index is -0.163. The SMILES string of the molecule is CC(NC(=O)c1cc(-c2ccc(-c3ccccc3Cl)o2)nc2ccccc12)c1ccccc1. The molecule has 0 saturated carbocycles. The van der Waals surface area contributed by atoms with Crippen molar-refractivity contribution in [1.82, 2.24) is 10.3 Å². The molecule has 4 nitrogen and oxygen atoms in total. The van der Waals surface area contributed by atoms with Crippen molar-refractivity contribution in [1.29, 1.82) is 0 Å². The molecule has 3 aromatic carbocycles. The van der Waals surface area contributed by atoms with E-state index in [-0.39, 0.29) is 11.9 Å². The predicted octanol–water partition coefficient (Wildman–Crippen LogP) is 7.31. The van der Waals surface area contributed by atoms with E-state index in [9.17, 15) is 4.79 Å². The van der Waals surface area contributed by atoms with Gasteiger partial charge in [0.05, 0.1) is 22.1 Å². The zero-order valence-electron chi connectivity index (χ0n) is 18.0. The van der Waals surface area contributed by atoms with Crippen molar-refractivity contribution >= 4 is 28.4 Å². The number of hydrogen-bond acceptors (Lipinski definition) is 3. The summed E-state index contributed by atoms with van der Waals surface area (Å²) in [6.45, 7) is 1.97. The van der Waals surface area contributed by atoms with E-state index in [0.717, 1.165) is 22.0 Å². The Morgan fingerprint density at radius 1 is 0.879 bits per heavy atom. The monoisotopic (exact) mass is 452 g/mol.